The van der Waals surface area contributed by atoms with Gasteiger partial charge in [-0.05, 0) is 32.1 Å². The van der Waals surface area contributed by atoms with Crippen LogP contribution < -0.4 is 5.73 Å². The third-order valence-corrected chi connectivity index (χ3v) is 4.09. The molecule has 2 N–H and O–H groups in total. The van der Waals surface area contributed by atoms with E-state index in [9.17, 15) is 4.79 Å². The lowest BCUT2D eigenvalue weighted by molar-refractivity contribution is -0.130. The summed E-state index contributed by atoms with van der Waals surface area (Å²) in [6.07, 6.45) is 5.56. The number of likely N-dealkylation sites (N-methyl/N-ethyl adjacent to an activating group) is 1. The molecule has 18 heavy (non-hydrogen) atoms. The Morgan fingerprint density at radius 1 is 1.56 bits per heavy atom. The van der Waals surface area contributed by atoms with Crippen molar-refractivity contribution in [3.63, 3.8) is 0 Å². The molecule has 0 aromatic heterocycles. The minimum atomic E-state index is 0.221. The van der Waals surface area contributed by atoms with Gasteiger partial charge in [0.25, 0.3) is 0 Å². The first-order valence-corrected chi connectivity index (χ1v) is 7.09. The van der Waals surface area contributed by atoms with Crippen LogP contribution >= 0.6 is 0 Å². The fraction of sp³-hybridized carbons (Fsp3) is 0.786. The van der Waals surface area contributed by atoms with Crippen LogP contribution in [0.1, 0.15) is 33.1 Å². The maximum absolute atomic E-state index is 12.3. The highest BCUT2D eigenvalue weighted by molar-refractivity contribution is 5.80. The number of likely N-dealkylation sites (tertiary alicyclic amines) is 1. The molecule has 2 aliphatic rings. The highest BCUT2D eigenvalue weighted by Crippen LogP contribution is 2.22. The van der Waals surface area contributed by atoms with Gasteiger partial charge < -0.3 is 10.6 Å². The summed E-state index contributed by atoms with van der Waals surface area (Å²) in [4.78, 5) is 16.5. The minimum Gasteiger partial charge on any atom is -0.326 e. The SMILES string of the molecule is CCN(C(=O)CN1CC(C)C(N)C1)C1=CCCC1. The number of rotatable bonds is 4. The molecular weight excluding hydrogens is 226 g/mol. The van der Waals surface area contributed by atoms with E-state index < -0.39 is 0 Å². The number of hydrogen-bond acceptors (Lipinski definition) is 3. The maximum atomic E-state index is 12.3. The summed E-state index contributed by atoms with van der Waals surface area (Å²) in [5.41, 5.74) is 7.22. The summed E-state index contributed by atoms with van der Waals surface area (Å²) in [6, 6.07) is 0.221. The normalized spacial score (nSPS) is 28.5. The molecule has 2 unspecified atom stereocenters. The zero-order chi connectivity index (χ0) is 13.1. The van der Waals surface area contributed by atoms with Crippen LogP contribution in [0.3, 0.4) is 0 Å². The van der Waals surface area contributed by atoms with Crippen LogP contribution in [-0.4, -0.2) is 47.9 Å². The van der Waals surface area contributed by atoms with E-state index >= 15 is 0 Å². The number of nitrogens with zero attached hydrogens (tertiary/aromatic N) is 2. The first-order valence-electron chi connectivity index (χ1n) is 7.09. The molecule has 0 spiro atoms. The molecule has 4 nitrogen and oxygen atoms in total. The highest BCUT2D eigenvalue weighted by atomic mass is 16.2. The van der Waals surface area contributed by atoms with Gasteiger partial charge >= 0.3 is 0 Å². The number of carbonyl (C=O) groups excluding carboxylic acids is 1. The summed E-state index contributed by atoms with van der Waals surface area (Å²) in [6.45, 7) is 7.30. The number of allylic oxidation sites excluding steroid dienone is 2. The Morgan fingerprint density at radius 3 is 2.83 bits per heavy atom. The summed E-state index contributed by atoms with van der Waals surface area (Å²) >= 11 is 0. The van der Waals surface area contributed by atoms with E-state index in [1.165, 1.54) is 12.1 Å². The average Bonchev–Trinajstić information content (AvgIpc) is 2.92. The van der Waals surface area contributed by atoms with Crippen molar-refractivity contribution < 1.29 is 4.79 Å². The first-order chi connectivity index (χ1) is 8.61. The molecule has 1 aliphatic carbocycles. The molecule has 0 radical (unpaired) electrons. The van der Waals surface area contributed by atoms with Crippen LogP contribution in [0, 0.1) is 5.92 Å². The molecule has 1 fully saturated rings. The molecule has 1 aliphatic heterocycles. The Balaban J connectivity index is 1.90. The van der Waals surface area contributed by atoms with Gasteiger partial charge in [0.15, 0.2) is 0 Å². The zero-order valence-electron chi connectivity index (χ0n) is 11.6. The van der Waals surface area contributed by atoms with Crippen LogP contribution in [0.2, 0.25) is 0 Å². The van der Waals surface area contributed by atoms with Gasteiger partial charge in [-0.25, -0.2) is 0 Å². The van der Waals surface area contributed by atoms with Crippen LogP contribution in [-0.2, 0) is 4.79 Å². The summed E-state index contributed by atoms with van der Waals surface area (Å²) in [5, 5.41) is 0. The zero-order valence-corrected chi connectivity index (χ0v) is 11.6. The van der Waals surface area contributed by atoms with Gasteiger partial charge in [0, 0.05) is 31.4 Å². The summed E-state index contributed by atoms with van der Waals surface area (Å²) < 4.78 is 0. The molecule has 1 heterocycles. The van der Waals surface area contributed by atoms with E-state index in [2.05, 4.69) is 24.8 Å². The largest absolute Gasteiger partial charge is 0.326 e. The number of hydrogen-bond donors (Lipinski definition) is 1. The van der Waals surface area contributed by atoms with Gasteiger partial charge in [0.05, 0.1) is 6.54 Å². The third-order valence-electron chi connectivity index (χ3n) is 4.09. The van der Waals surface area contributed by atoms with E-state index in [4.69, 9.17) is 5.73 Å². The predicted octanol–water partition coefficient (Wildman–Crippen LogP) is 1.18. The van der Waals surface area contributed by atoms with Gasteiger partial charge in [-0.15, -0.1) is 0 Å². The lowest BCUT2D eigenvalue weighted by Crippen LogP contribution is -2.39. The molecule has 0 aromatic rings. The van der Waals surface area contributed by atoms with Gasteiger partial charge in [-0.2, -0.15) is 0 Å². The van der Waals surface area contributed by atoms with Crippen LogP contribution in [0.4, 0.5) is 0 Å². The van der Waals surface area contributed by atoms with Crippen LogP contribution in [0.5, 0.6) is 0 Å². The molecule has 0 bridgehead atoms. The smallest absolute Gasteiger partial charge is 0.240 e. The maximum Gasteiger partial charge on any atom is 0.240 e. The molecule has 0 aromatic carbocycles. The van der Waals surface area contributed by atoms with Crippen molar-refractivity contribution in [2.45, 2.75) is 39.2 Å². The highest BCUT2D eigenvalue weighted by Gasteiger charge is 2.29. The second-order valence-electron chi connectivity index (χ2n) is 5.56. The van der Waals surface area contributed by atoms with Gasteiger partial charge in [-0.3, -0.25) is 9.69 Å². The average molecular weight is 251 g/mol. The van der Waals surface area contributed by atoms with Crippen molar-refractivity contribution in [3.8, 4) is 0 Å². The fourth-order valence-corrected chi connectivity index (χ4v) is 2.94. The Hall–Kier alpha value is -0.870. The molecular formula is C14H25N3O. The standard InChI is InChI=1S/C14H25N3O/c1-3-17(12-6-4-5-7-12)14(18)10-16-8-11(2)13(15)9-16/h6,11,13H,3-5,7-10,15H2,1-2H3. The second-order valence-corrected chi connectivity index (χ2v) is 5.56. The lowest BCUT2D eigenvalue weighted by atomic mass is 10.1. The van der Waals surface area contributed by atoms with Crippen molar-refractivity contribution in [3.05, 3.63) is 11.8 Å². The molecule has 0 saturated carbocycles. The van der Waals surface area contributed by atoms with Crippen molar-refractivity contribution in [1.82, 2.24) is 9.80 Å². The number of amides is 1. The van der Waals surface area contributed by atoms with E-state index in [0.717, 1.165) is 32.5 Å². The molecule has 2 rings (SSSR count). The lowest BCUT2D eigenvalue weighted by Gasteiger charge is -2.25. The van der Waals surface area contributed by atoms with Crippen molar-refractivity contribution in [2.24, 2.45) is 11.7 Å². The molecule has 1 saturated heterocycles. The Kier molecular flexibility index (Phi) is 4.40. The van der Waals surface area contributed by atoms with Gasteiger partial charge in [0.2, 0.25) is 5.91 Å². The van der Waals surface area contributed by atoms with E-state index in [1.54, 1.807) is 0 Å². The molecule has 4 heteroatoms. The van der Waals surface area contributed by atoms with E-state index in [1.807, 2.05) is 4.90 Å². The van der Waals surface area contributed by atoms with E-state index in [0.29, 0.717) is 12.5 Å². The van der Waals surface area contributed by atoms with Crippen LogP contribution in [0.25, 0.3) is 0 Å². The molecule has 102 valence electrons. The van der Waals surface area contributed by atoms with Crippen molar-refractivity contribution in [1.29, 1.82) is 0 Å². The predicted molar refractivity (Wildman–Crippen MR) is 72.9 cm³/mol. The van der Waals surface area contributed by atoms with Crippen molar-refractivity contribution in [2.75, 3.05) is 26.2 Å². The van der Waals surface area contributed by atoms with Gasteiger partial charge in [-0.1, -0.05) is 13.0 Å². The first kappa shape index (κ1) is 13.6. The van der Waals surface area contributed by atoms with Gasteiger partial charge in [0.1, 0.15) is 0 Å². The van der Waals surface area contributed by atoms with Crippen LogP contribution in [0.15, 0.2) is 11.8 Å². The van der Waals surface area contributed by atoms with Crippen molar-refractivity contribution >= 4 is 5.91 Å². The molecule has 1 amide bonds. The Morgan fingerprint density at radius 2 is 2.33 bits per heavy atom. The third kappa shape index (κ3) is 2.93. The fourth-order valence-electron chi connectivity index (χ4n) is 2.94. The Bertz CT molecular complexity index is 330. The Labute approximate surface area is 110 Å². The minimum absolute atomic E-state index is 0.221. The number of nitrogens with two attached hydrogens (primary N) is 1. The second kappa shape index (κ2) is 5.85. The molecule has 2 atom stereocenters. The topological polar surface area (TPSA) is 49.6 Å². The summed E-state index contributed by atoms with van der Waals surface area (Å²) in [5.74, 6) is 0.727. The monoisotopic (exact) mass is 251 g/mol. The number of carbonyl (C=O) groups is 1. The summed E-state index contributed by atoms with van der Waals surface area (Å²) in [7, 11) is 0. The quantitative estimate of drug-likeness (QED) is 0.816. The van der Waals surface area contributed by atoms with E-state index in [-0.39, 0.29) is 11.9 Å².